The molecule has 6 nitrogen and oxygen atoms in total. The van der Waals surface area contributed by atoms with Crippen molar-refractivity contribution >= 4 is 11.9 Å². The Labute approximate surface area is 86.9 Å². The van der Waals surface area contributed by atoms with Crippen LogP contribution < -0.4 is 5.32 Å². The van der Waals surface area contributed by atoms with E-state index >= 15 is 0 Å². The number of amides is 1. The van der Waals surface area contributed by atoms with Crippen LogP contribution in [0.25, 0.3) is 0 Å². The van der Waals surface area contributed by atoms with Gasteiger partial charge in [0, 0.05) is 12.4 Å². The summed E-state index contributed by atoms with van der Waals surface area (Å²) in [5.74, 6) is -1.43. The molecule has 0 spiro atoms. The van der Waals surface area contributed by atoms with Crippen molar-refractivity contribution < 1.29 is 14.7 Å². The fraction of sp³-hybridized carbons (Fsp3) is 0.444. The number of carboxylic acids is 1. The molecule has 0 bridgehead atoms. The highest BCUT2D eigenvalue weighted by molar-refractivity contribution is 5.85. The zero-order chi connectivity index (χ0) is 11.4. The van der Waals surface area contributed by atoms with Gasteiger partial charge in [0.25, 0.3) is 0 Å². The molecule has 0 aliphatic carbocycles. The first-order chi connectivity index (χ1) is 7.02. The third-order valence-electron chi connectivity index (χ3n) is 2.03. The second-order valence-electron chi connectivity index (χ2n) is 3.23. The molecular formula is C9H13N3O3. The average Bonchev–Trinajstić information content (AvgIpc) is 2.68. The maximum atomic E-state index is 11.5. The fourth-order valence-corrected chi connectivity index (χ4v) is 1.03. The number of carbonyl (C=O) groups is 2. The van der Waals surface area contributed by atoms with Crippen LogP contribution in [0.2, 0.25) is 0 Å². The molecule has 1 aromatic heterocycles. The Kier molecular flexibility index (Phi) is 3.43. The Morgan fingerprint density at radius 2 is 2.13 bits per heavy atom. The van der Waals surface area contributed by atoms with Crippen LogP contribution in [0.4, 0.5) is 0 Å². The molecule has 0 saturated carbocycles. The predicted octanol–water partition coefficient (Wildman–Crippen LogP) is 0.0334. The van der Waals surface area contributed by atoms with Gasteiger partial charge in [0.2, 0.25) is 5.91 Å². The SMILES string of the molecule is CC(C(=O)N[C@H](C)C(=O)O)n1cccn1. The second-order valence-corrected chi connectivity index (χ2v) is 3.23. The van der Waals surface area contributed by atoms with Crippen LogP contribution in [0.1, 0.15) is 19.9 Å². The zero-order valence-electron chi connectivity index (χ0n) is 8.54. The number of carbonyl (C=O) groups excluding carboxylic acids is 1. The lowest BCUT2D eigenvalue weighted by Crippen LogP contribution is -2.41. The summed E-state index contributed by atoms with van der Waals surface area (Å²) in [4.78, 5) is 22.0. The summed E-state index contributed by atoms with van der Waals surface area (Å²) in [6, 6.07) is 0.294. The molecule has 15 heavy (non-hydrogen) atoms. The molecule has 6 heteroatoms. The van der Waals surface area contributed by atoms with Crippen molar-refractivity contribution in [3.63, 3.8) is 0 Å². The molecule has 82 valence electrons. The van der Waals surface area contributed by atoms with Crippen molar-refractivity contribution in [1.29, 1.82) is 0 Å². The predicted molar refractivity (Wildman–Crippen MR) is 52.2 cm³/mol. The molecule has 0 aromatic carbocycles. The third kappa shape index (κ3) is 2.80. The van der Waals surface area contributed by atoms with E-state index in [9.17, 15) is 9.59 Å². The molecule has 2 atom stereocenters. The van der Waals surface area contributed by atoms with Crippen LogP contribution in [0.15, 0.2) is 18.5 Å². The van der Waals surface area contributed by atoms with E-state index in [1.807, 2.05) is 0 Å². The Morgan fingerprint density at radius 3 is 2.60 bits per heavy atom. The van der Waals surface area contributed by atoms with Gasteiger partial charge >= 0.3 is 5.97 Å². The van der Waals surface area contributed by atoms with Gasteiger partial charge in [-0.05, 0) is 19.9 Å². The second kappa shape index (κ2) is 4.59. The van der Waals surface area contributed by atoms with Gasteiger partial charge in [-0.25, -0.2) is 0 Å². The van der Waals surface area contributed by atoms with Crippen LogP contribution in [-0.2, 0) is 9.59 Å². The number of hydrogen-bond donors (Lipinski definition) is 2. The smallest absolute Gasteiger partial charge is 0.325 e. The average molecular weight is 211 g/mol. The van der Waals surface area contributed by atoms with E-state index in [0.29, 0.717) is 0 Å². The lowest BCUT2D eigenvalue weighted by atomic mass is 10.2. The minimum Gasteiger partial charge on any atom is -0.480 e. The van der Waals surface area contributed by atoms with Crippen molar-refractivity contribution in [3.8, 4) is 0 Å². The maximum absolute atomic E-state index is 11.5. The first kappa shape index (κ1) is 11.2. The number of carboxylic acid groups (broad SMARTS) is 1. The Morgan fingerprint density at radius 1 is 1.47 bits per heavy atom. The molecule has 2 N–H and O–H groups in total. The van der Waals surface area contributed by atoms with Crippen LogP contribution in [-0.4, -0.2) is 32.8 Å². The van der Waals surface area contributed by atoms with Crippen molar-refractivity contribution in [2.75, 3.05) is 0 Å². The summed E-state index contributed by atoms with van der Waals surface area (Å²) in [5.41, 5.74) is 0. The van der Waals surface area contributed by atoms with Crippen molar-refractivity contribution in [2.24, 2.45) is 0 Å². The maximum Gasteiger partial charge on any atom is 0.325 e. The summed E-state index contributed by atoms with van der Waals surface area (Å²) in [6.45, 7) is 3.06. The standard InChI is InChI=1S/C9H13N3O3/c1-6(9(14)15)11-8(13)7(2)12-5-3-4-10-12/h3-7H,1-2H3,(H,11,13)(H,14,15)/t6-,7?/m1/s1. The Bertz CT molecular complexity index is 347. The normalized spacial score (nSPS) is 14.3. The highest BCUT2D eigenvalue weighted by Gasteiger charge is 2.19. The third-order valence-corrected chi connectivity index (χ3v) is 2.03. The van der Waals surface area contributed by atoms with Crippen LogP contribution >= 0.6 is 0 Å². The topological polar surface area (TPSA) is 84.2 Å². The van der Waals surface area contributed by atoms with E-state index < -0.39 is 18.1 Å². The molecule has 0 aliphatic rings. The minimum absolute atomic E-state index is 0.367. The molecular weight excluding hydrogens is 198 g/mol. The van der Waals surface area contributed by atoms with Gasteiger partial charge < -0.3 is 10.4 Å². The van der Waals surface area contributed by atoms with Gasteiger partial charge in [-0.15, -0.1) is 0 Å². The summed E-state index contributed by atoms with van der Waals surface area (Å²) in [7, 11) is 0. The highest BCUT2D eigenvalue weighted by Crippen LogP contribution is 2.03. The molecule has 0 saturated heterocycles. The van der Waals surface area contributed by atoms with Gasteiger partial charge in [0.15, 0.2) is 0 Å². The molecule has 0 fully saturated rings. The lowest BCUT2D eigenvalue weighted by Gasteiger charge is -2.14. The van der Waals surface area contributed by atoms with Gasteiger partial charge in [0.05, 0.1) is 0 Å². The van der Waals surface area contributed by atoms with E-state index in [-0.39, 0.29) is 5.91 Å². The van der Waals surface area contributed by atoms with Gasteiger partial charge in [0.1, 0.15) is 12.1 Å². The van der Waals surface area contributed by atoms with Crippen LogP contribution in [0, 0.1) is 0 Å². The van der Waals surface area contributed by atoms with Crippen molar-refractivity contribution in [1.82, 2.24) is 15.1 Å². The lowest BCUT2D eigenvalue weighted by molar-refractivity contribution is -0.141. The zero-order valence-corrected chi connectivity index (χ0v) is 8.54. The molecule has 1 rings (SSSR count). The van der Waals surface area contributed by atoms with Gasteiger partial charge in [-0.3, -0.25) is 14.3 Å². The van der Waals surface area contributed by atoms with Gasteiger partial charge in [-0.1, -0.05) is 0 Å². The number of aliphatic carboxylic acids is 1. The number of rotatable bonds is 4. The molecule has 1 heterocycles. The molecule has 0 aliphatic heterocycles. The van der Waals surface area contributed by atoms with E-state index in [1.165, 1.54) is 11.6 Å². The highest BCUT2D eigenvalue weighted by atomic mass is 16.4. The Balaban J connectivity index is 2.58. The number of aromatic nitrogens is 2. The van der Waals surface area contributed by atoms with E-state index in [1.54, 1.807) is 25.4 Å². The van der Waals surface area contributed by atoms with E-state index in [4.69, 9.17) is 5.11 Å². The monoisotopic (exact) mass is 211 g/mol. The number of nitrogens with zero attached hydrogens (tertiary/aromatic N) is 2. The van der Waals surface area contributed by atoms with Crippen molar-refractivity contribution in [3.05, 3.63) is 18.5 Å². The fourth-order valence-electron chi connectivity index (χ4n) is 1.03. The molecule has 1 amide bonds. The summed E-state index contributed by atoms with van der Waals surface area (Å²) >= 11 is 0. The van der Waals surface area contributed by atoms with E-state index in [2.05, 4.69) is 10.4 Å². The number of hydrogen-bond acceptors (Lipinski definition) is 3. The summed E-state index contributed by atoms with van der Waals surface area (Å²) in [5, 5.41) is 14.9. The van der Waals surface area contributed by atoms with E-state index in [0.717, 1.165) is 0 Å². The first-order valence-electron chi connectivity index (χ1n) is 4.54. The largest absolute Gasteiger partial charge is 0.480 e. The molecule has 1 unspecified atom stereocenters. The van der Waals surface area contributed by atoms with Crippen LogP contribution in [0.5, 0.6) is 0 Å². The Hall–Kier alpha value is -1.85. The summed E-state index contributed by atoms with van der Waals surface area (Å²) < 4.78 is 1.46. The molecule has 0 radical (unpaired) electrons. The van der Waals surface area contributed by atoms with Gasteiger partial charge in [-0.2, -0.15) is 5.10 Å². The quantitative estimate of drug-likeness (QED) is 0.736. The van der Waals surface area contributed by atoms with Crippen molar-refractivity contribution in [2.45, 2.75) is 25.9 Å². The van der Waals surface area contributed by atoms with Crippen LogP contribution in [0.3, 0.4) is 0 Å². The number of nitrogens with one attached hydrogen (secondary N) is 1. The minimum atomic E-state index is -1.06. The first-order valence-corrected chi connectivity index (χ1v) is 4.54. The molecule has 1 aromatic rings. The summed E-state index contributed by atoms with van der Waals surface area (Å²) in [6.07, 6.45) is 3.21.